The summed E-state index contributed by atoms with van der Waals surface area (Å²) in [5.41, 5.74) is 12.0. The maximum atomic E-state index is 13.4. The first-order valence-corrected chi connectivity index (χ1v) is 11.6. The van der Waals surface area contributed by atoms with Crippen molar-refractivity contribution in [2.45, 2.75) is 26.8 Å². The predicted molar refractivity (Wildman–Crippen MR) is 129 cm³/mol. The van der Waals surface area contributed by atoms with Crippen molar-refractivity contribution in [1.82, 2.24) is 15.0 Å². The lowest BCUT2D eigenvalue weighted by Crippen LogP contribution is -2.28. The molecule has 2 aromatic carbocycles. The van der Waals surface area contributed by atoms with Crippen LogP contribution in [0, 0.1) is 19.7 Å². The Kier molecular flexibility index (Phi) is 5.68. The second kappa shape index (κ2) is 8.78. The number of hydrogen-bond acceptors (Lipinski definition) is 7. The predicted octanol–water partition coefficient (Wildman–Crippen LogP) is 4.93. The molecular formula is C25H24FN5OS. The van der Waals surface area contributed by atoms with E-state index in [9.17, 15) is 4.39 Å². The van der Waals surface area contributed by atoms with E-state index in [2.05, 4.69) is 32.0 Å². The summed E-state index contributed by atoms with van der Waals surface area (Å²) in [5.74, 6) is 1.52. The monoisotopic (exact) mass is 461 g/mol. The van der Waals surface area contributed by atoms with Crippen molar-refractivity contribution >= 4 is 22.3 Å². The molecule has 6 nitrogen and oxygen atoms in total. The zero-order valence-corrected chi connectivity index (χ0v) is 19.3. The zero-order chi connectivity index (χ0) is 22.9. The molecule has 0 amide bonds. The fourth-order valence-corrected chi connectivity index (χ4v) is 5.00. The number of nitrogens with zero attached hydrogens (tertiary/aromatic N) is 4. The van der Waals surface area contributed by atoms with E-state index in [-0.39, 0.29) is 5.82 Å². The van der Waals surface area contributed by atoms with Gasteiger partial charge in [0, 0.05) is 29.8 Å². The number of aryl methyl sites for hydroxylation is 2. The summed E-state index contributed by atoms with van der Waals surface area (Å²) < 4.78 is 19.4. The molecule has 168 valence electrons. The maximum absolute atomic E-state index is 13.4. The number of benzene rings is 2. The van der Waals surface area contributed by atoms with E-state index in [1.807, 2.05) is 32.0 Å². The third kappa shape index (κ3) is 4.39. The Labute approximate surface area is 195 Å². The number of anilines is 2. The summed E-state index contributed by atoms with van der Waals surface area (Å²) in [6.45, 7) is 5.87. The van der Waals surface area contributed by atoms with E-state index in [4.69, 9.17) is 10.5 Å². The normalized spacial score (nSPS) is 13.4. The number of nitrogens with two attached hydrogens (primary N) is 1. The van der Waals surface area contributed by atoms with Crippen molar-refractivity contribution in [1.29, 1.82) is 0 Å². The Morgan fingerprint density at radius 1 is 1.09 bits per heavy atom. The van der Waals surface area contributed by atoms with Crippen LogP contribution in [0.2, 0.25) is 0 Å². The largest absolute Gasteiger partial charge is 0.491 e. The van der Waals surface area contributed by atoms with Crippen molar-refractivity contribution in [3.8, 4) is 16.2 Å². The fraction of sp³-hybridized carbons (Fsp3) is 0.240. The Balaban J connectivity index is 1.49. The van der Waals surface area contributed by atoms with Gasteiger partial charge in [-0.3, -0.25) is 0 Å². The third-order valence-electron chi connectivity index (χ3n) is 5.85. The van der Waals surface area contributed by atoms with Crippen molar-refractivity contribution in [3.05, 3.63) is 82.7 Å². The molecular weight excluding hydrogens is 437 g/mol. The number of nitrogen functional groups attached to an aromatic ring is 1. The first-order chi connectivity index (χ1) is 16.0. The number of aromatic nitrogens is 3. The van der Waals surface area contributed by atoms with E-state index in [0.717, 1.165) is 50.1 Å². The number of fused-ring (bicyclic) bond motifs is 1. The van der Waals surface area contributed by atoms with Crippen LogP contribution in [0.1, 0.15) is 28.1 Å². The van der Waals surface area contributed by atoms with Crippen LogP contribution in [0.4, 0.5) is 15.3 Å². The molecule has 0 saturated heterocycles. The highest BCUT2D eigenvalue weighted by molar-refractivity contribution is 7.18. The lowest BCUT2D eigenvalue weighted by atomic mass is 10.0. The SMILES string of the molecule is Cc1nc(N)sc1-c1ccc2c(c1)CN(c1ncnc(C)c1Cc1ccc(F)cc1)CCO2. The van der Waals surface area contributed by atoms with Gasteiger partial charge in [-0.2, -0.15) is 0 Å². The molecule has 2 aromatic heterocycles. The molecule has 33 heavy (non-hydrogen) atoms. The molecule has 5 rings (SSSR count). The van der Waals surface area contributed by atoms with E-state index in [0.29, 0.717) is 31.2 Å². The summed E-state index contributed by atoms with van der Waals surface area (Å²) >= 11 is 1.49. The summed E-state index contributed by atoms with van der Waals surface area (Å²) in [6, 6.07) is 12.8. The van der Waals surface area contributed by atoms with E-state index < -0.39 is 0 Å². The molecule has 8 heteroatoms. The van der Waals surface area contributed by atoms with Gasteiger partial charge in [0.15, 0.2) is 5.13 Å². The summed E-state index contributed by atoms with van der Waals surface area (Å²) in [6.07, 6.45) is 2.23. The molecule has 0 spiro atoms. The molecule has 3 heterocycles. The molecule has 0 bridgehead atoms. The third-order valence-corrected chi connectivity index (χ3v) is 6.88. The van der Waals surface area contributed by atoms with Gasteiger partial charge in [0.1, 0.15) is 30.3 Å². The van der Waals surface area contributed by atoms with Gasteiger partial charge in [-0.15, -0.1) is 0 Å². The number of ether oxygens (including phenoxy) is 1. The number of rotatable bonds is 4. The van der Waals surface area contributed by atoms with E-state index in [1.165, 1.54) is 23.5 Å². The van der Waals surface area contributed by atoms with Crippen LogP contribution in [0.25, 0.3) is 10.4 Å². The summed E-state index contributed by atoms with van der Waals surface area (Å²) in [5, 5.41) is 0.567. The van der Waals surface area contributed by atoms with Gasteiger partial charge in [-0.05, 0) is 55.3 Å². The highest BCUT2D eigenvalue weighted by Gasteiger charge is 2.22. The maximum Gasteiger partial charge on any atom is 0.180 e. The van der Waals surface area contributed by atoms with Crippen LogP contribution in [-0.2, 0) is 13.0 Å². The standard InChI is InChI=1S/C25H24FN5OS/c1-15-21(11-17-3-6-20(26)7-4-17)24(29-14-28-15)31-9-10-32-22-8-5-18(12-19(22)13-31)23-16(2)30-25(27)33-23/h3-8,12,14H,9-11,13H2,1-2H3,(H2,27,30). The van der Waals surface area contributed by atoms with Gasteiger partial charge >= 0.3 is 0 Å². The minimum absolute atomic E-state index is 0.241. The Bertz CT molecular complexity index is 1300. The minimum atomic E-state index is -0.241. The molecule has 4 aromatic rings. The molecule has 0 unspecified atom stereocenters. The average Bonchev–Trinajstić information content (AvgIpc) is 3.01. The van der Waals surface area contributed by atoms with Crippen LogP contribution < -0.4 is 15.4 Å². The molecule has 1 aliphatic rings. The van der Waals surface area contributed by atoms with E-state index in [1.54, 1.807) is 6.33 Å². The Morgan fingerprint density at radius 2 is 1.91 bits per heavy atom. The Hall–Kier alpha value is -3.52. The van der Waals surface area contributed by atoms with Crippen molar-refractivity contribution in [2.75, 3.05) is 23.8 Å². The first-order valence-electron chi connectivity index (χ1n) is 10.8. The second-order valence-corrected chi connectivity index (χ2v) is 9.15. The lowest BCUT2D eigenvalue weighted by Gasteiger charge is -2.24. The summed E-state index contributed by atoms with van der Waals surface area (Å²) in [4.78, 5) is 16.7. The summed E-state index contributed by atoms with van der Waals surface area (Å²) in [7, 11) is 0. The first kappa shape index (κ1) is 21.3. The highest BCUT2D eigenvalue weighted by atomic mass is 32.1. The van der Waals surface area contributed by atoms with Gasteiger partial charge in [0.25, 0.3) is 0 Å². The average molecular weight is 462 g/mol. The van der Waals surface area contributed by atoms with Gasteiger partial charge in [-0.1, -0.05) is 23.5 Å². The molecule has 1 aliphatic heterocycles. The molecule has 0 saturated carbocycles. The second-order valence-electron chi connectivity index (χ2n) is 8.12. The van der Waals surface area contributed by atoms with Gasteiger partial charge in [0.05, 0.1) is 17.1 Å². The van der Waals surface area contributed by atoms with Crippen LogP contribution >= 0.6 is 11.3 Å². The number of hydrogen-bond donors (Lipinski definition) is 1. The highest BCUT2D eigenvalue weighted by Crippen LogP contribution is 2.36. The quantitative estimate of drug-likeness (QED) is 0.464. The van der Waals surface area contributed by atoms with Crippen LogP contribution in [0.15, 0.2) is 48.8 Å². The molecule has 2 N–H and O–H groups in total. The minimum Gasteiger partial charge on any atom is -0.491 e. The molecule has 0 fully saturated rings. The molecule has 0 aliphatic carbocycles. The molecule has 0 atom stereocenters. The smallest absolute Gasteiger partial charge is 0.180 e. The van der Waals surface area contributed by atoms with E-state index >= 15 is 0 Å². The number of thiazole rings is 1. The van der Waals surface area contributed by atoms with Crippen LogP contribution in [0.5, 0.6) is 5.75 Å². The fourth-order valence-electron chi connectivity index (χ4n) is 4.18. The van der Waals surface area contributed by atoms with Gasteiger partial charge in [-0.25, -0.2) is 19.3 Å². The van der Waals surface area contributed by atoms with Crippen LogP contribution in [-0.4, -0.2) is 28.1 Å². The van der Waals surface area contributed by atoms with Gasteiger partial charge in [0.2, 0.25) is 0 Å². The number of halogens is 1. The van der Waals surface area contributed by atoms with Crippen LogP contribution in [0.3, 0.4) is 0 Å². The van der Waals surface area contributed by atoms with Crippen molar-refractivity contribution in [3.63, 3.8) is 0 Å². The molecule has 0 radical (unpaired) electrons. The van der Waals surface area contributed by atoms with Crippen molar-refractivity contribution < 1.29 is 9.13 Å². The lowest BCUT2D eigenvalue weighted by molar-refractivity contribution is 0.331. The Morgan fingerprint density at radius 3 is 2.67 bits per heavy atom. The zero-order valence-electron chi connectivity index (χ0n) is 18.5. The van der Waals surface area contributed by atoms with Crippen molar-refractivity contribution in [2.24, 2.45) is 0 Å². The topological polar surface area (TPSA) is 77.2 Å². The van der Waals surface area contributed by atoms with Gasteiger partial charge < -0.3 is 15.4 Å².